The molecule has 0 fully saturated rings. The van der Waals surface area contributed by atoms with Gasteiger partial charge in [0.05, 0.1) is 5.56 Å². The molecular formula is C13H14F3NO. The number of carbonyl (C=O) groups is 1. The van der Waals surface area contributed by atoms with Crippen LogP contribution in [-0.2, 0) is 17.5 Å². The van der Waals surface area contributed by atoms with Gasteiger partial charge in [-0.1, -0.05) is 24.3 Å². The van der Waals surface area contributed by atoms with Crippen LogP contribution >= 0.6 is 0 Å². The van der Waals surface area contributed by atoms with E-state index < -0.39 is 11.7 Å². The van der Waals surface area contributed by atoms with Gasteiger partial charge in [-0.3, -0.25) is 4.79 Å². The highest BCUT2D eigenvalue weighted by Crippen LogP contribution is 2.29. The van der Waals surface area contributed by atoms with E-state index in [0.717, 1.165) is 12.1 Å². The predicted molar refractivity (Wildman–Crippen MR) is 62.7 cm³/mol. The van der Waals surface area contributed by atoms with E-state index >= 15 is 0 Å². The highest BCUT2D eigenvalue weighted by Gasteiger charge is 2.30. The Hall–Kier alpha value is -1.78. The summed E-state index contributed by atoms with van der Waals surface area (Å²) < 4.78 is 37.3. The minimum atomic E-state index is -4.36. The van der Waals surface area contributed by atoms with E-state index in [2.05, 4.69) is 5.32 Å². The van der Waals surface area contributed by atoms with Crippen molar-refractivity contribution in [1.82, 2.24) is 5.32 Å². The van der Waals surface area contributed by atoms with E-state index in [1.54, 1.807) is 25.1 Å². The molecule has 1 N–H and O–H groups in total. The molecule has 1 rings (SSSR count). The van der Waals surface area contributed by atoms with Gasteiger partial charge in [0.15, 0.2) is 0 Å². The monoisotopic (exact) mass is 257 g/mol. The van der Waals surface area contributed by atoms with Gasteiger partial charge in [-0.2, -0.15) is 13.2 Å². The average molecular weight is 257 g/mol. The molecule has 98 valence electrons. The third-order valence-electron chi connectivity index (χ3n) is 2.28. The van der Waals surface area contributed by atoms with Crippen LogP contribution in [0.3, 0.4) is 0 Å². The quantitative estimate of drug-likeness (QED) is 0.824. The van der Waals surface area contributed by atoms with E-state index in [1.165, 1.54) is 6.07 Å². The van der Waals surface area contributed by atoms with Gasteiger partial charge >= 0.3 is 6.18 Å². The summed E-state index contributed by atoms with van der Waals surface area (Å²) >= 11 is 0. The zero-order chi connectivity index (χ0) is 13.6. The molecule has 0 bridgehead atoms. The first kappa shape index (κ1) is 14.3. The van der Waals surface area contributed by atoms with Crippen molar-refractivity contribution >= 4 is 5.91 Å². The second-order valence-corrected chi connectivity index (χ2v) is 3.75. The van der Waals surface area contributed by atoms with Gasteiger partial charge in [-0.05, 0) is 24.6 Å². The lowest BCUT2D eigenvalue weighted by Gasteiger charge is -2.09. The zero-order valence-electron chi connectivity index (χ0n) is 9.92. The number of halogens is 3. The van der Waals surface area contributed by atoms with E-state index in [4.69, 9.17) is 0 Å². The first-order valence-electron chi connectivity index (χ1n) is 5.47. The number of benzene rings is 1. The van der Waals surface area contributed by atoms with E-state index in [0.29, 0.717) is 5.56 Å². The Morgan fingerprint density at radius 3 is 2.72 bits per heavy atom. The fourth-order valence-electron chi connectivity index (χ4n) is 1.36. The van der Waals surface area contributed by atoms with Crippen LogP contribution in [0.25, 0.3) is 0 Å². The largest absolute Gasteiger partial charge is 0.416 e. The second kappa shape index (κ2) is 6.23. The van der Waals surface area contributed by atoms with Crippen molar-refractivity contribution in [2.24, 2.45) is 0 Å². The molecule has 0 atom stereocenters. The molecule has 0 aliphatic rings. The smallest absolute Gasteiger partial charge is 0.352 e. The van der Waals surface area contributed by atoms with Gasteiger partial charge in [0.1, 0.15) is 0 Å². The minimum absolute atomic E-state index is 0.0975. The molecule has 1 aromatic carbocycles. The Balaban J connectivity index is 2.60. The van der Waals surface area contributed by atoms with Crippen LogP contribution < -0.4 is 5.32 Å². The summed E-state index contributed by atoms with van der Waals surface area (Å²) in [6, 6.07) is 4.92. The van der Waals surface area contributed by atoms with Crippen LogP contribution in [0.5, 0.6) is 0 Å². The predicted octanol–water partition coefficient (Wildman–Crippen LogP) is 3.29. The molecule has 0 radical (unpaired) electrons. The van der Waals surface area contributed by atoms with Gasteiger partial charge in [-0.15, -0.1) is 0 Å². The molecule has 2 nitrogen and oxygen atoms in total. The Morgan fingerprint density at radius 1 is 1.39 bits per heavy atom. The van der Waals surface area contributed by atoms with Crippen molar-refractivity contribution in [3.8, 4) is 0 Å². The summed E-state index contributed by atoms with van der Waals surface area (Å²) in [6.07, 6.45) is -0.703. The zero-order valence-corrected chi connectivity index (χ0v) is 9.92. The maximum Gasteiger partial charge on any atom is 0.416 e. The van der Waals surface area contributed by atoms with Gasteiger partial charge < -0.3 is 5.32 Å². The van der Waals surface area contributed by atoms with Gasteiger partial charge in [0, 0.05) is 13.0 Å². The summed E-state index contributed by atoms with van der Waals surface area (Å²) in [7, 11) is 0. The lowest BCUT2D eigenvalue weighted by atomic mass is 10.1. The molecule has 1 aromatic rings. The summed E-state index contributed by atoms with van der Waals surface area (Å²) in [4.78, 5) is 11.3. The molecule has 18 heavy (non-hydrogen) atoms. The topological polar surface area (TPSA) is 29.1 Å². The van der Waals surface area contributed by atoms with E-state index in [-0.39, 0.29) is 18.9 Å². The molecule has 0 saturated heterocycles. The van der Waals surface area contributed by atoms with Crippen molar-refractivity contribution in [2.45, 2.75) is 26.1 Å². The van der Waals surface area contributed by atoms with Crippen LogP contribution in [0.4, 0.5) is 13.2 Å². The fraction of sp³-hybridized carbons (Fsp3) is 0.308. The molecule has 0 aliphatic carbocycles. The van der Waals surface area contributed by atoms with Gasteiger partial charge in [0.2, 0.25) is 5.91 Å². The summed E-state index contributed by atoms with van der Waals surface area (Å²) in [5, 5.41) is 2.55. The first-order chi connectivity index (χ1) is 8.43. The lowest BCUT2D eigenvalue weighted by molar-refractivity contribution is -0.137. The number of amides is 1. The number of nitrogens with one attached hydrogen (secondary N) is 1. The number of hydrogen-bond donors (Lipinski definition) is 1. The Labute approximate surface area is 104 Å². The van der Waals surface area contributed by atoms with Crippen LogP contribution in [0, 0.1) is 0 Å². The Bertz CT molecular complexity index is 438. The normalized spacial score (nSPS) is 11.8. The minimum Gasteiger partial charge on any atom is -0.352 e. The van der Waals surface area contributed by atoms with Gasteiger partial charge in [-0.25, -0.2) is 0 Å². The molecule has 0 aromatic heterocycles. The highest BCUT2D eigenvalue weighted by molar-refractivity contribution is 5.77. The Morgan fingerprint density at radius 2 is 2.11 bits per heavy atom. The summed E-state index contributed by atoms with van der Waals surface area (Å²) in [6.45, 7) is 1.89. The molecule has 0 spiro atoms. The number of rotatable bonds is 4. The number of allylic oxidation sites excluding steroid dienone is 1. The van der Waals surface area contributed by atoms with Crippen LogP contribution in [-0.4, -0.2) is 5.91 Å². The highest BCUT2D eigenvalue weighted by atomic mass is 19.4. The van der Waals surface area contributed by atoms with Crippen molar-refractivity contribution < 1.29 is 18.0 Å². The van der Waals surface area contributed by atoms with Crippen LogP contribution in [0.1, 0.15) is 24.5 Å². The van der Waals surface area contributed by atoms with Crippen LogP contribution in [0.15, 0.2) is 36.4 Å². The molecule has 0 heterocycles. The number of carbonyl (C=O) groups excluding carboxylic acids is 1. The molecule has 0 aliphatic heterocycles. The Kier molecular flexibility index (Phi) is 4.95. The lowest BCUT2D eigenvalue weighted by Crippen LogP contribution is -2.22. The standard InChI is InChI=1S/C13H14F3NO/c1-2-3-7-12(18)17-9-10-5-4-6-11(8-10)13(14,15)16/h2-6,8H,7,9H2,1H3,(H,17,18)/b3-2-. The summed E-state index contributed by atoms with van der Waals surface area (Å²) in [5.41, 5.74) is -0.277. The van der Waals surface area contributed by atoms with E-state index in [1.807, 2.05) is 0 Å². The SMILES string of the molecule is C/C=C\CC(=O)NCc1cccc(C(F)(F)F)c1. The fourth-order valence-corrected chi connectivity index (χ4v) is 1.36. The molecular weight excluding hydrogens is 243 g/mol. The third-order valence-corrected chi connectivity index (χ3v) is 2.28. The van der Waals surface area contributed by atoms with Gasteiger partial charge in [0.25, 0.3) is 0 Å². The number of hydrogen-bond acceptors (Lipinski definition) is 1. The first-order valence-corrected chi connectivity index (χ1v) is 5.47. The van der Waals surface area contributed by atoms with Crippen molar-refractivity contribution in [3.63, 3.8) is 0 Å². The molecule has 5 heteroatoms. The van der Waals surface area contributed by atoms with E-state index in [9.17, 15) is 18.0 Å². The van der Waals surface area contributed by atoms with Crippen molar-refractivity contribution in [1.29, 1.82) is 0 Å². The molecule has 0 unspecified atom stereocenters. The number of alkyl halides is 3. The maximum absolute atomic E-state index is 12.4. The van der Waals surface area contributed by atoms with Crippen LogP contribution in [0.2, 0.25) is 0 Å². The van der Waals surface area contributed by atoms with Crippen molar-refractivity contribution in [2.75, 3.05) is 0 Å². The second-order valence-electron chi connectivity index (χ2n) is 3.75. The molecule has 1 amide bonds. The maximum atomic E-state index is 12.4. The van der Waals surface area contributed by atoms with Crippen molar-refractivity contribution in [3.05, 3.63) is 47.5 Å². The third kappa shape index (κ3) is 4.61. The molecule has 0 saturated carbocycles. The summed E-state index contributed by atoms with van der Waals surface area (Å²) in [5.74, 6) is -0.217. The average Bonchev–Trinajstić information content (AvgIpc) is 2.33.